The van der Waals surface area contributed by atoms with E-state index < -0.39 is 29.7 Å². The Morgan fingerprint density at radius 3 is 2.67 bits per heavy atom. The van der Waals surface area contributed by atoms with Crippen molar-refractivity contribution >= 4 is 29.4 Å². The first kappa shape index (κ1) is 22.8. The Morgan fingerprint density at radius 2 is 2.03 bits per heavy atom. The second-order valence-corrected chi connectivity index (χ2v) is 8.80. The third-order valence-corrected chi connectivity index (χ3v) is 5.17. The molecule has 0 radical (unpaired) electrons. The lowest BCUT2D eigenvalue weighted by Gasteiger charge is -2.29. The van der Waals surface area contributed by atoms with Crippen molar-refractivity contribution in [1.82, 2.24) is 5.16 Å². The smallest absolute Gasteiger partial charge is 0.416 e. The van der Waals surface area contributed by atoms with Gasteiger partial charge < -0.3 is 23.6 Å². The van der Waals surface area contributed by atoms with E-state index in [2.05, 4.69) is 5.16 Å². The van der Waals surface area contributed by atoms with Gasteiger partial charge in [0.25, 0.3) is 0 Å². The molecular formula is C22H27FN4O6. The number of nitrogens with zero attached hydrogens (tertiary/aromatic N) is 4. The normalized spacial score (nSPS) is 18.9. The third kappa shape index (κ3) is 5.36. The summed E-state index contributed by atoms with van der Waals surface area (Å²) in [4.78, 5) is 29.7. The van der Waals surface area contributed by atoms with Gasteiger partial charge in [-0.3, -0.25) is 9.80 Å². The molecule has 2 aliphatic heterocycles. The topological polar surface area (TPSA) is 97.6 Å². The summed E-state index contributed by atoms with van der Waals surface area (Å²) in [6.07, 6.45) is -0.614. The molecule has 1 aromatic carbocycles. The second kappa shape index (κ2) is 9.26. The fraction of sp³-hybridized carbons (Fsp3) is 0.500. The van der Waals surface area contributed by atoms with Gasteiger partial charge >= 0.3 is 12.2 Å². The van der Waals surface area contributed by atoms with Crippen LogP contribution in [0.1, 0.15) is 20.8 Å². The van der Waals surface area contributed by atoms with Crippen LogP contribution in [0, 0.1) is 5.82 Å². The molecule has 0 spiro atoms. The monoisotopic (exact) mass is 462 g/mol. The van der Waals surface area contributed by atoms with E-state index in [0.717, 1.165) is 0 Å². The molecule has 4 rings (SSSR count). The molecule has 1 aromatic heterocycles. The molecule has 1 atom stereocenters. The Hall–Kier alpha value is -3.34. The van der Waals surface area contributed by atoms with Crippen LogP contribution >= 0.6 is 0 Å². The number of ether oxygens (including phenoxy) is 3. The van der Waals surface area contributed by atoms with Crippen LogP contribution < -0.4 is 14.7 Å². The first-order valence-electron chi connectivity index (χ1n) is 10.7. The number of anilines is 3. The van der Waals surface area contributed by atoms with Gasteiger partial charge in [0.1, 0.15) is 23.8 Å². The van der Waals surface area contributed by atoms with Crippen molar-refractivity contribution in [2.75, 3.05) is 54.1 Å². The molecule has 0 N–H and O–H groups in total. The summed E-state index contributed by atoms with van der Waals surface area (Å²) in [6.45, 7) is 7.67. The molecule has 3 heterocycles. The van der Waals surface area contributed by atoms with Gasteiger partial charge in [-0.2, -0.15) is 0 Å². The number of aromatic nitrogens is 1. The minimum Gasteiger partial charge on any atom is -0.443 e. The predicted molar refractivity (Wildman–Crippen MR) is 117 cm³/mol. The van der Waals surface area contributed by atoms with Crippen LogP contribution in [0.25, 0.3) is 0 Å². The van der Waals surface area contributed by atoms with Gasteiger partial charge in [0.15, 0.2) is 5.82 Å². The summed E-state index contributed by atoms with van der Waals surface area (Å²) in [5.74, 6) is -0.191. The maximum atomic E-state index is 14.8. The highest BCUT2D eigenvalue weighted by atomic mass is 19.1. The molecule has 33 heavy (non-hydrogen) atoms. The number of benzene rings is 1. The van der Waals surface area contributed by atoms with Crippen LogP contribution in [0.5, 0.6) is 0 Å². The molecule has 2 fully saturated rings. The molecule has 11 heteroatoms. The number of morpholine rings is 1. The fourth-order valence-electron chi connectivity index (χ4n) is 3.68. The molecule has 178 valence electrons. The van der Waals surface area contributed by atoms with Crippen molar-refractivity contribution in [2.24, 2.45) is 0 Å². The maximum absolute atomic E-state index is 14.8. The minimum absolute atomic E-state index is 0.00195. The van der Waals surface area contributed by atoms with E-state index >= 15 is 0 Å². The zero-order valence-corrected chi connectivity index (χ0v) is 18.8. The number of carbonyl (C=O) groups is 2. The van der Waals surface area contributed by atoms with E-state index in [1.165, 1.54) is 28.2 Å². The van der Waals surface area contributed by atoms with Gasteiger partial charge in [-0.15, -0.1) is 0 Å². The Kier molecular flexibility index (Phi) is 6.41. The van der Waals surface area contributed by atoms with Crippen molar-refractivity contribution in [3.63, 3.8) is 0 Å². The number of amides is 2. The average Bonchev–Trinajstić information content (AvgIpc) is 3.41. The second-order valence-electron chi connectivity index (χ2n) is 8.80. The SMILES string of the molecule is CC(C)(C)OC(=O)N(CC1CN(c2ccc(N3CCOCC3)c(F)c2)C(=O)O1)c1ccon1. The van der Waals surface area contributed by atoms with Crippen LogP contribution in [0.3, 0.4) is 0 Å². The van der Waals surface area contributed by atoms with Crippen LogP contribution in [-0.2, 0) is 14.2 Å². The molecular weight excluding hydrogens is 435 g/mol. The van der Waals surface area contributed by atoms with Crippen LogP contribution in [0.4, 0.5) is 31.2 Å². The maximum Gasteiger partial charge on any atom is 0.416 e. The minimum atomic E-state index is -0.725. The van der Waals surface area contributed by atoms with Crippen molar-refractivity contribution in [3.8, 4) is 0 Å². The first-order valence-corrected chi connectivity index (χ1v) is 10.7. The van der Waals surface area contributed by atoms with E-state index in [9.17, 15) is 14.0 Å². The van der Waals surface area contributed by atoms with E-state index in [-0.39, 0.29) is 18.9 Å². The summed E-state index contributed by atoms with van der Waals surface area (Å²) in [6, 6.07) is 6.16. The van der Waals surface area contributed by atoms with Crippen LogP contribution in [-0.4, -0.2) is 68.4 Å². The van der Waals surface area contributed by atoms with Gasteiger partial charge in [0, 0.05) is 19.2 Å². The summed E-state index contributed by atoms with van der Waals surface area (Å²) in [5, 5.41) is 3.80. The lowest BCUT2D eigenvalue weighted by molar-refractivity contribution is 0.0556. The highest BCUT2D eigenvalue weighted by Gasteiger charge is 2.37. The Bertz CT molecular complexity index is 987. The number of hydrogen-bond acceptors (Lipinski definition) is 8. The summed E-state index contributed by atoms with van der Waals surface area (Å²) < 4.78 is 35.9. The lowest BCUT2D eigenvalue weighted by Crippen LogP contribution is -2.42. The van der Waals surface area contributed by atoms with Crippen LogP contribution in [0.2, 0.25) is 0 Å². The lowest BCUT2D eigenvalue weighted by atomic mass is 10.2. The molecule has 0 aliphatic carbocycles. The van der Waals surface area contributed by atoms with Gasteiger partial charge in [-0.1, -0.05) is 5.16 Å². The van der Waals surface area contributed by atoms with Crippen molar-refractivity contribution in [3.05, 3.63) is 36.3 Å². The van der Waals surface area contributed by atoms with E-state index in [1.807, 2.05) is 4.90 Å². The summed E-state index contributed by atoms with van der Waals surface area (Å²) in [7, 11) is 0. The summed E-state index contributed by atoms with van der Waals surface area (Å²) in [5.41, 5.74) is 0.118. The number of rotatable bonds is 5. The predicted octanol–water partition coefficient (Wildman–Crippen LogP) is 3.42. The van der Waals surface area contributed by atoms with Crippen molar-refractivity contribution in [1.29, 1.82) is 0 Å². The summed E-state index contributed by atoms with van der Waals surface area (Å²) >= 11 is 0. The Balaban J connectivity index is 1.47. The van der Waals surface area contributed by atoms with E-state index in [4.69, 9.17) is 18.7 Å². The highest BCUT2D eigenvalue weighted by Crippen LogP contribution is 2.29. The average molecular weight is 462 g/mol. The molecule has 2 amide bonds. The molecule has 2 aromatic rings. The van der Waals surface area contributed by atoms with Crippen molar-refractivity contribution in [2.45, 2.75) is 32.5 Å². The molecule has 10 nitrogen and oxygen atoms in total. The van der Waals surface area contributed by atoms with E-state index in [1.54, 1.807) is 32.9 Å². The largest absolute Gasteiger partial charge is 0.443 e. The van der Waals surface area contributed by atoms with Crippen LogP contribution in [0.15, 0.2) is 35.1 Å². The fourth-order valence-corrected chi connectivity index (χ4v) is 3.68. The molecule has 2 aliphatic rings. The zero-order chi connectivity index (χ0) is 23.6. The molecule has 0 bridgehead atoms. The quantitative estimate of drug-likeness (QED) is 0.667. The number of halogens is 1. The highest BCUT2D eigenvalue weighted by molar-refractivity contribution is 5.91. The number of hydrogen-bond donors (Lipinski definition) is 0. The Morgan fingerprint density at radius 1 is 1.27 bits per heavy atom. The first-order chi connectivity index (χ1) is 15.7. The third-order valence-electron chi connectivity index (χ3n) is 5.17. The standard InChI is InChI=1S/C22H27FN4O6/c1-22(2,3)33-21(29)27(19-6-9-31-24-19)14-16-13-26(20(28)32-16)15-4-5-18(17(23)12-15)25-7-10-30-11-8-25/h4-6,9,12,16H,7-8,10-11,13-14H2,1-3H3. The van der Waals surface area contributed by atoms with Gasteiger partial charge in [0.2, 0.25) is 0 Å². The number of carbonyl (C=O) groups excluding carboxylic acids is 2. The molecule has 2 saturated heterocycles. The van der Waals surface area contributed by atoms with Gasteiger partial charge in [0.05, 0.1) is 37.7 Å². The molecule has 0 saturated carbocycles. The Labute approximate surface area is 190 Å². The zero-order valence-electron chi connectivity index (χ0n) is 18.8. The van der Waals surface area contributed by atoms with Gasteiger partial charge in [-0.05, 0) is 39.0 Å². The van der Waals surface area contributed by atoms with Gasteiger partial charge in [-0.25, -0.2) is 14.0 Å². The van der Waals surface area contributed by atoms with Crippen molar-refractivity contribution < 1.29 is 32.7 Å². The van der Waals surface area contributed by atoms with E-state index in [0.29, 0.717) is 37.7 Å². The number of cyclic esters (lactones) is 1. The molecule has 1 unspecified atom stereocenters.